The second-order valence-corrected chi connectivity index (χ2v) is 5.15. The molecule has 0 aromatic heterocycles. The number of phenolic OH excluding ortho intramolecular Hbond substituents is 1. The van der Waals surface area contributed by atoms with Crippen LogP contribution in [0.15, 0.2) is 41.5 Å². The Morgan fingerprint density at radius 1 is 0.963 bits per heavy atom. The molecule has 0 bridgehead atoms. The average Bonchev–Trinajstić information content (AvgIpc) is 2.68. The van der Waals surface area contributed by atoms with Gasteiger partial charge in [-0.2, -0.15) is 5.10 Å². The van der Waals surface area contributed by atoms with E-state index in [1.54, 1.807) is 18.2 Å². The molecule has 3 N–H and O–H groups in total. The van der Waals surface area contributed by atoms with E-state index < -0.39 is 11.8 Å². The third-order valence-electron chi connectivity index (χ3n) is 3.44. The van der Waals surface area contributed by atoms with Gasteiger partial charge in [-0.15, -0.1) is 0 Å². The summed E-state index contributed by atoms with van der Waals surface area (Å²) in [5.74, 6) is -0.801. The number of ether oxygens (including phenoxy) is 3. The molecule has 2 aromatic rings. The van der Waals surface area contributed by atoms with Crippen molar-refractivity contribution in [2.75, 3.05) is 26.6 Å². The fraction of sp³-hybridized carbons (Fsp3) is 0.167. The first-order valence-corrected chi connectivity index (χ1v) is 7.72. The molecule has 0 heterocycles. The van der Waals surface area contributed by atoms with Gasteiger partial charge in [-0.25, -0.2) is 5.43 Å². The van der Waals surface area contributed by atoms with Crippen LogP contribution in [0.25, 0.3) is 0 Å². The van der Waals surface area contributed by atoms with Gasteiger partial charge in [-0.05, 0) is 35.9 Å². The molecule has 0 unspecified atom stereocenters. The molecule has 0 saturated carbocycles. The number of phenols is 1. The van der Waals surface area contributed by atoms with Crippen LogP contribution >= 0.6 is 0 Å². The van der Waals surface area contributed by atoms with Crippen molar-refractivity contribution in [3.63, 3.8) is 0 Å². The molecule has 0 aliphatic carbocycles. The summed E-state index contributed by atoms with van der Waals surface area (Å²) in [6.45, 7) is 0. The predicted octanol–water partition coefficient (Wildman–Crippen LogP) is 1.51. The van der Waals surface area contributed by atoms with E-state index in [1.165, 1.54) is 45.7 Å². The number of anilines is 1. The number of aromatic hydroxyl groups is 1. The quantitative estimate of drug-likeness (QED) is 0.401. The molecule has 0 radical (unpaired) electrons. The van der Waals surface area contributed by atoms with Crippen molar-refractivity contribution < 1.29 is 28.9 Å². The maximum absolute atomic E-state index is 12.0. The van der Waals surface area contributed by atoms with E-state index in [1.807, 2.05) is 0 Å². The SMILES string of the molecule is COc1ccc(OC)c(NC(=O)C(=O)N/N=C\c2ccc(O)c(OC)c2)c1. The summed E-state index contributed by atoms with van der Waals surface area (Å²) in [5.41, 5.74) is 2.95. The smallest absolute Gasteiger partial charge is 0.329 e. The van der Waals surface area contributed by atoms with E-state index in [0.717, 1.165) is 0 Å². The Labute approximate surface area is 155 Å². The Morgan fingerprint density at radius 3 is 2.37 bits per heavy atom. The molecule has 9 heteroatoms. The molecule has 2 rings (SSSR count). The number of carbonyl (C=O) groups is 2. The standard InChI is InChI=1S/C18H19N3O6/c1-25-12-5-7-15(26-2)13(9-12)20-17(23)18(24)21-19-10-11-4-6-14(22)16(8-11)27-3/h4-10,22H,1-3H3,(H,20,23)(H,21,24)/b19-10-. The zero-order chi connectivity index (χ0) is 19.8. The number of hydrogen-bond donors (Lipinski definition) is 3. The van der Waals surface area contributed by atoms with E-state index in [0.29, 0.717) is 17.1 Å². The number of methoxy groups -OCH3 is 3. The fourth-order valence-corrected chi connectivity index (χ4v) is 2.08. The largest absolute Gasteiger partial charge is 0.504 e. The molecule has 2 amide bonds. The first-order chi connectivity index (χ1) is 13.0. The van der Waals surface area contributed by atoms with Gasteiger partial charge in [-0.3, -0.25) is 9.59 Å². The molecule has 2 aromatic carbocycles. The van der Waals surface area contributed by atoms with Crippen LogP contribution in [0.2, 0.25) is 0 Å². The number of benzene rings is 2. The predicted molar refractivity (Wildman–Crippen MR) is 98.6 cm³/mol. The summed E-state index contributed by atoms with van der Waals surface area (Å²) in [6, 6.07) is 9.29. The van der Waals surface area contributed by atoms with Gasteiger partial charge in [-0.1, -0.05) is 0 Å². The highest BCUT2D eigenvalue weighted by Gasteiger charge is 2.16. The lowest BCUT2D eigenvalue weighted by molar-refractivity contribution is -0.136. The number of nitrogens with zero attached hydrogens (tertiary/aromatic N) is 1. The molecule has 0 aliphatic heterocycles. The molecule has 0 fully saturated rings. The Bertz CT molecular complexity index is 866. The lowest BCUT2D eigenvalue weighted by Crippen LogP contribution is -2.32. The summed E-state index contributed by atoms with van der Waals surface area (Å²) < 4.78 is 15.2. The minimum Gasteiger partial charge on any atom is -0.504 e. The summed E-state index contributed by atoms with van der Waals surface area (Å²) in [4.78, 5) is 23.9. The lowest BCUT2D eigenvalue weighted by atomic mass is 10.2. The topological polar surface area (TPSA) is 118 Å². The maximum atomic E-state index is 12.0. The van der Waals surface area contributed by atoms with Gasteiger partial charge in [0, 0.05) is 6.07 Å². The van der Waals surface area contributed by atoms with Crippen LogP contribution in [0.4, 0.5) is 5.69 Å². The Hall–Kier alpha value is -3.75. The Balaban J connectivity index is 2.01. The van der Waals surface area contributed by atoms with Crippen LogP contribution in [0, 0.1) is 0 Å². The van der Waals surface area contributed by atoms with Crippen LogP contribution in [0.1, 0.15) is 5.56 Å². The summed E-state index contributed by atoms with van der Waals surface area (Å²) in [6.07, 6.45) is 1.30. The molecular formula is C18H19N3O6. The normalized spacial score (nSPS) is 10.3. The third-order valence-corrected chi connectivity index (χ3v) is 3.44. The minimum absolute atomic E-state index is 0.0229. The molecule has 0 spiro atoms. The van der Waals surface area contributed by atoms with Gasteiger partial charge >= 0.3 is 11.8 Å². The van der Waals surface area contributed by atoms with Crippen molar-refractivity contribution in [2.45, 2.75) is 0 Å². The summed E-state index contributed by atoms with van der Waals surface area (Å²) in [7, 11) is 4.33. The van der Waals surface area contributed by atoms with Gasteiger partial charge in [0.2, 0.25) is 0 Å². The third kappa shape index (κ3) is 5.11. The van der Waals surface area contributed by atoms with Gasteiger partial charge in [0.05, 0.1) is 33.2 Å². The molecule has 0 aliphatic rings. The van der Waals surface area contributed by atoms with Crippen LogP contribution in [-0.2, 0) is 9.59 Å². The number of carbonyl (C=O) groups excluding carboxylic acids is 2. The van der Waals surface area contributed by atoms with E-state index in [2.05, 4.69) is 15.8 Å². The van der Waals surface area contributed by atoms with Crippen LogP contribution in [0.5, 0.6) is 23.0 Å². The molecule has 9 nitrogen and oxygen atoms in total. The van der Waals surface area contributed by atoms with Crippen molar-refractivity contribution in [2.24, 2.45) is 5.10 Å². The molecule has 27 heavy (non-hydrogen) atoms. The van der Waals surface area contributed by atoms with Crippen LogP contribution in [-0.4, -0.2) is 44.5 Å². The first kappa shape index (κ1) is 19.6. The van der Waals surface area contributed by atoms with Crippen LogP contribution < -0.4 is 25.0 Å². The summed E-state index contributed by atoms with van der Waals surface area (Å²) in [5, 5.41) is 15.7. The van der Waals surface area contributed by atoms with E-state index in [-0.39, 0.29) is 17.2 Å². The monoisotopic (exact) mass is 373 g/mol. The molecule has 0 saturated heterocycles. The number of nitrogens with one attached hydrogen (secondary N) is 2. The van der Waals surface area contributed by atoms with Gasteiger partial charge in [0.15, 0.2) is 11.5 Å². The van der Waals surface area contributed by atoms with Gasteiger partial charge in [0.25, 0.3) is 0 Å². The highest BCUT2D eigenvalue weighted by Crippen LogP contribution is 2.28. The van der Waals surface area contributed by atoms with Crippen molar-refractivity contribution in [3.8, 4) is 23.0 Å². The average molecular weight is 373 g/mol. The Morgan fingerprint density at radius 2 is 1.70 bits per heavy atom. The molecular weight excluding hydrogens is 354 g/mol. The zero-order valence-corrected chi connectivity index (χ0v) is 15.0. The van der Waals surface area contributed by atoms with Crippen molar-refractivity contribution >= 4 is 23.7 Å². The number of hydrogen-bond acceptors (Lipinski definition) is 7. The van der Waals surface area contributed by atoms with Gasteiger partial charge < -0.3 is 24.6 Å². The first-order valence-electron chi connectivity index (χ1n) is 7.72. The summed E-state index contributed by atoms with van der Waals surface area (Å²) >= 11 is 0. The molecule has 0 atom stereocenters. The second kappa shape index (κ2) is 9.09. The highest BCUT2D eigenvalue weighted by molar-refractivity contribution is 6.39. The number of hydrazone groups is 1. The van der Waals surface area contributed by atoms with Crippen molar-refractivity contribution in [1.82, 2.24) is 5.43 Å². The van der Waals surface area contributed by atoms with E-state index >= 15 is 0 Å². The minimum atomic E-state index is -0.970. The fourth-order valence-electron chi connectivity index (χ4n) is 2.08. The number of rotatable bonds is 6. The van der Waals surface area contributed by atoms with Crippen molar-refractivity contribution in [3.05, 3.63) is 42.0 Å². The lowest BCUT2D eigenvalue weighted by Gasteiger charge is -2.11. The highest BCUT2D eigenvalue weighted by atomic mass is 16.5. The van der Waals surface area contributed by atoms with Gasteiger partial charge in [0.1, 0.15) is 11.5 Å². The van der Waals surface area contributed by atoms with E-state index in [4.69, 9.17) is 14.2 Å². The number of amides is 2. The second-order valence-electron chi connectivity index (χ2n) is 5.15. The van der Waals surface area contributed by atoms with Crippen molar-refractivity contribution in [1.29, 1.82) is 0 Å². The van der Waals surface area contributed by atoms with E-state index in [9.17, 15) is 14.7 Å². The molecule has 142 valence electrons. The maximum Gasteiger partial charge on any atom is 0.329 e. The van der Waals surface area contributed by atoms with Crippen LogP contribution in [0.3, 0.4) is 0 Å². The zero-order valence-electron chi connectivity index (χ0n) is 15.0. The Kier molecular flexibility index (Phi) is 6.59.